The van der Waals surface area contributed by atoms with E-state index in [1.165, 1.54) is 16.7 Å². The van der Waals surface area contributed by atoms with Gasteiger partial charge in [0.1, 0.15) is 12.4 Å². The van der Waals surface area contributed by atoms with Crippen LogP contribution in [0.5, 0.6) is 0 Å². The van der Waals surface area contributed by atoms with E-state index in [1.54, 1.807) is 11.9 Å². The highest BCUT2D eigenvalue weighted by Crippen LogP contribution is 2.32. The molecule has 0 amide bonds. The normalized spacial score (nSPS) is 13.6. The summed E-state index contributed by atoms with van der Waals surface area (Å²) in [5, 5.41) is 10.3. The summed E-state index contributed by atoms with van der Waals surface area (Å²) in [6.07, 6.45) is 2.09. The Kier molecular flexibility index (Phi) is 6.28. The summed E-state index contributed by atoms with van der Waals surface area (Å²) in [6, 6.07) is 27.5. The maximum atomic E-state index is 11.2. The number of carbonyl (C=O) groups is 1. The molecular formula is C29H29N3O2. The quantitative estimate of drug-likeness (QED) is 0.427. The van der Waals surface area contributed by atoms with Crippen molar-refractivity contribution in [3.63, 3.8) is 0 Å². The Hall–Kier alpha value is -3.70. The maximum absolute atomic E-state index is 11.2. The lowest BCUT2D eigenvalue weighted by Crippen LogP contribution is -2.32. The number of aliphatic carboxylic acids is 1. The summed E-state index contributed by atoms with van der Waals surface area (Å²) in [7, 11) is 1.77. The molecule has 0 aliphatic carbocycles. The lowest BCUT2D eigenvalue weighted by molar-refractivity contribution is -0.135. The van der Waals surface area contributed by atoms with Crippen molar-refractivity contribution < 1.29 is 9.90 Å². The van der Waals surface area contributed by atoms with Crippen molar-refractivity contribution in [1.82, 2.24) is 9.88 Å². The second-order valence-corrected chi connectivity index (χ2v) is 9.04. The van der Waals surface area contributed by atoms with Gasteiger partial charge in [0.2, 0.25) is 0 Å². The molecule has 172 valence electrons. The molecule has 5 rings (SSSR count). The van der Waals surface area contributed by atoms with Crippen LogP contribution in [-0.2, 0) is 24.2 Å². The molecule has 1 aliphatic heterocycles. The minimum atomic E-state index is -0.874. The first-order valence-electron chi connectivity index (χ1n) is 11.8. The van der Waals surface area contributed by atoms with Crippen molar-refractivity contribution in [1.29, 1.82) is 0 Å². The predicted molar refractivity (Wildman–Crippen MR) is 137 cm³/mol. The molecule has 0 saturated carbocycles. The lowest BCUT2D eigenvalue weighted by Gasteiger charge is -2.28. The van der Waals surface area contributed by atoms with Gasteiger partial charge in [0.05, 0.1) is 5.52 Å². The van der Waals surface area contributed by atoms with Gasteiger partial charge >= 0.3 is 5.97 Å². The fraction of sp³-hybridized carbons (Fsp3) is 0.241. The van der Waals surface area contributed by atoms with Crippen molar-refractivity contribution in [2.75, 3.05) is 31.6 Å². The van der Waals surface area contributed by atoms with Crippen LogP contribution < -0.4 is 4.90 Å². The van der Waals surface area contributed by atoms with Crippen LogP contribution in [0.4, 0.5) is 5.82 Å². The first kappa shape index (κ1) is 22.1. The van der Waals surface area contributed by atoms with Gasteiger partial charge in [-0.2, -0.15) is 0 Å². The van der Waals surface area contributed by atoms with E-state index in [0.717, 1.165) is 54.5 Å². The van der Waals surface area contributed by atoms with Gasteiger partial charge in [-0.25, -0.2) is 4.98 Å². The molecule has 1 aliphatic rings. The third-order valence-electron chi connectivity index (χ3n) is 6.63. The second-order valence-electron chi connectivity index (χ2n) is 9.04. The minimum Gasteiger partial charge on any atom is -0.480 e. The predicted octanol–water partition coefficient (Wildman–Crippen LogP) is 5.02. The number of rotatable bonds is 7. The van der Waals surface area contributed by atoms with Crippen LogP contribution in [0.2, 0.25) is 0 Å². The number of hydrogen-bond donors (Lipinski definition) is 1. The Balaban J connectivity index is 1.43. The largest absolute Gasteiger partial charge is 0.480 e. The molecule has 1 aromatic heterocycles. The van der Waals surface area contributed by atoms with Gasteiger partial charge in [0.15, 0.2) is 0 Å². The summed E-state index contributed by atoms with van der Waals surface area (Å²) in [5.41, 5.74) is 7.27. The molecule has 0 saturated heterocycles. The Bertz CT molecular complexity index is 1320. The molecule has 0 spiro atoms. The molecule has 0 radical (unpaired) electrons. The molecular weight excluding hydrogens is 422 g/mol. The summed E-state index contributed by atoms with van der Waals surface area (Å²) in [4.78, 5) is 20.2. The Morgan fingerprint density at radius 2 is 1.76 bits per heavy atom. The smallest absolute Gasteiger partial charge is 0.323 e. The average Bonchev–Trinajstić information content (AvgIpc) is 2.86. The van der Waals surface area contributed by atoms with Gasteiger partial charge in [-0.15, -0.1) is 0 Å². The monoisotopic (exact) mass is 451 g/mol. The fourth-order valence-electron chi connectivity index (χ4n) is 4.78. The Morgan fingerprint density at radius 3 is 2.56 bits per heavy atom. The average molecular weight is 452 g/mol. The van der Waals surface area contributed by atoms with Crippen LogP contribution in [0.15, 0.2) is 78.9 Å². The Labute approximate surface area is 200 Å². The van der Waals surface area contributed by atoms with E-state index < -0.39 is 5.97 Å². The van der Waals surface area contributed by atoms with Gasteiger partial charge < -0.3 is 10.0 Å². The SMILES string of the molecule is CN(CC(=O)O)c1cc(-c2ccccc2)c2cc(CCN3CCc4ccccc4C3)ccc2n1. The number of anilines is 1. The molecule has 5 nitrogen and oxygen atoms in total. The van der Waals surface area contributed by atoms with Gasteiger partial charge in [-0.05, 0) is 58.9 Å². The highest BCUT2D eigenvalue weighted by Gasteiger charge is 2.16. The van der Waals surface area contributed by atoms with Gasteiger partial charge in [-0.1, -0.05) is 60.7 Å². The fourth-order valence-corrected chi connectivity index (χ4v) is 4.78. The van der Waals surface area contributed by atoms with Crippen molar-refractivity contribution in [3.05, 3.63) is 95.6 Å². The van der Waals surface area contributed by atoms with E-state index in [0.29, 0.717) is 5.82 Å². The van der Waals surface area contributed by atoms with E-state index in [9.17, 15) is 9.90 Å². The third kappa shape index (κ3) is 4.80. The molecule has 0 atom stereocenters. The number of fused-ring (bicyclic) bond motifs is 2. The van der Waals surface area contributed by atoms with Crippen LogP contribution in [0.1, 0.15) is 16.7 Å². The van der Waals surface area contributed by atoms with Crippen molar-refractivity contribution in [2.24, 2.45) is 0 Å². The van der Waals surface area contributed by atoms with Crippen LogP contribution in [0.3, 0.4) is 0 Å². The van der Waals surface area contributed by atoms with E-state index in [1.807, 2.05) is 24.3 Å². The van der Waals surface area contributed by atoms with Crippen molar-refractivity contribution >= 4 is 22.7 Å². The number of carboxylic acids is 1. The topological polar surface area (TPSA) is 56.7 Å². The van der Waals surface area contributed by atoms with Crippen molar-refractivity contribution in [2.45, 2.75) is 19.4 Å². The van der Waals surface area contributed by atoms with Gasteiger partial charge in [-0.3, -0.25) is 9.69 Å². The number of benzene rings is 3. The third-order valence-corrected chi connectivity index (χ3v) is 6.63. The lowest BCUT2D eigenvalue weighted by atomic mass is 9.97. The zero-order valence-corrected chi connectivity index (χ0v) is 19.4. The van der Waals surface area contributed by atoms with Gasteiger partial charge in [0.25, 0.3) is 0 Å². The summed E-state index contributed by atoms with van der Waals surface area (Å²) in [6.45, 7) is 3.04. The number of likely N-dealkylation sites (N-methyl/N-ethyl adjacent to an activating group) is 1. The number of carboxylic acid groups (broad SMARTS) is 1. The van der Waals surface area contributed by atoms with E-state index >= 15 is 0 Å². The van der Waals surface area contributed by atoms with E-state index in [-0.39, 0.29) is 6.54 Å². The molecule has 5 heteroatoms. The number of pyridine rings is 1. The summed E-state index contributed by atoms with van der Waals surface area (Å²) in [5.74, 6) is -0.213. The second kappa shape index (κ2) is 9.65. The molecule has 34 heavy (non-hydrogen) atoms. The Morgan fingerprint density at radius 1 is 1.00 bits per heavy atom. The van der Waals surface area contributed by atoms with Crippen LogP contribution >= 0.6 is 0 Å². The summed E-state index contributed by atoms with van der Waals surface area (Å²) >= 11 is 0. The summed E-state index contributed by atoms with van der Waals surface area (Å²) < 4.78 is 0. The van der Waals surface area contributed by atoms with E-state index in [2.05, 4.69) is 59.5 Å². The highest BCUT2D eigenvalue weighted by atomic mass is 16.4. The number of hydrogen-bond acceptors (Lipinski definition) is 4. The molecule has 1 N–H and O–H groups in total. The van der Waals surface area contributed by atoms with Crippen LogP contribution in [-0.4, -0.2) is 47.6 Å². The molecule has 4 aromatic rings. The zero-order valence-electron chi connectivity index (χ0n) is 19.4. The highest BCUT2D eigenvalue weighted by molar-refractivity contribution is 5.96. The molecule has 2 heterocycles. The first-order valence-corrected chi connectivity index (χ1v) is 11.8. The van der Waals surface area contributed by atoms with Crippen LogP contribution in [0, 0.1) is 0 Å². The van der Waals surface area contributed by atoms with E-state index in [4.69, 9.17) is 4.98 Å². The number of aromatic nitrogens is 1. The maximum Gasteiger partial charge on any atom is 0.323 e. The first-order chi connectivity index (χ1) is 16.6. The van der Waals surface area contributed by atoms with Gasteiger partial charge in [0, 0.05) is 32.1 Å². The molecule has 0 unspecified atom stereocenters. The molecule has 3 aromatic carbocycles. The molecule has 0 bridgehead atoms. The standard InChI is InChI=1S/C29H29N3O2/c1-31(20-29(33)34)28-18-25(23-8-3-2-4-9-23)26-17-21(11-12-27(26)30-28)13-15-32-16-14-22-7-5-6-10-24(22)19-32/h2-12,17-18H,13-16,19-20H2,1H3,(H,33,34). The minimum absolute atomic E-state index is 0.0935. The molecule has 0 fully saturated rings. The number of nitrogens with zero attached hydrogens (tertiary/aromatic N) is 3. The zero-order chi connectivity index (χ0) is 23.5. The van der Waals surface area contributed by atoms with Crippen molar-refractivity contribution in [3.8, 4) is 11.1 Å². The van der Waals surface area contributed by atoms with Crippen LogP contribution in [0.25, 0.3) is 22.0 Å².